The predicted octanol–water partition coefficient (Wildman–Crippen LogP) is -0.478. The summed E-state index contributed by atoms with van der Waals surface area (Å²) < 4.78 is 1.07. The molecule has 8 N–H and O–H groups in total. The van der Waals surface area contributed by atoms with Crippen molar-refractivity contribution in [1.29, 1.82) is 0 Å². The van der Waals surface area contributed by atoms with Gasteiger partial charge in [0.15, 0.2) is 23.9 Å². The number of thiocarbonyl (C=S) groups is 2. The monoisotopic (exact) mass is 435 g/mol. The van der Waals surface area contributed by atoms with Gasteiger partial charge in [0.2, 0.25) is 12.4 Å². The van der Waals surface area contributed by atoms with Crippen molar-refractivity contribution in [2.75, 3.05) is 0 Å². The van der Waals surface area contributed by atoms with Gasteiger partial charge in [-0.15, -0.1) is 0 Å². The van der Waals surface area contributed by atoms with Crippen molar-refractivity contribution in [3.63, 3.8) is 0 Å². The van der Waals surface area contributed by atoms with Crippen molar-refractivity contribution >= 4 is 34.8 Å². The van der Waals surface area contributed by atoms with Gasteiger partial charge in [0.25, 0.3) is 0 Å². The molecule has 2 aromatic rings. The summed E-state index contributed by atoms with van der Waals surface area (Å²) in [7, 11) is 0. The van der Waals surface area contributed by atoms with Crippen LogP contribution in [0.3, 0.4) is 0 Å². The van der Waals surface area contributed by atoms with Gasteiger partial charge in [-0.1, -0.05) is 24.4 Å². The molecule has 0 bridgehead atoms. The first-order valence-electron chi connectivity index (χ1n) is 5.19. The number of rotatable bonds is 0. The van der Waals surface area contributed by atoms with Crippen LogP contribution in [-0.4, -0.2) is 20.5 Å². The number of aromatic nitrogens is 2. The Balaban J connectivity index is -0.0000000749. The summed E-state index contributed by atoms with van der Waals surface area (Å²) in [6.45, 7) is 0. The van der Waals surface area contributed by atoms with Gasteiger partial charge >= 0.3 is 16.8 Å². The first kappa shape index (κ1) is 34.0. The first-order chi connectivity index (χ1) is 10.4. The summed E-state index contributed by atoms with van der Waals surface area (Å²) in [6.07, 6.45) is 4.78. The molecule has 1 radical (unpaired) electrons. The van der Waals surface area contributed by atoms with Crippen LogP contribution in [0.15, 0.2) is 49.1 Å². The molecule has 0 fully saturated rings. The average molecular weight is 435 g/mol. The third-order valence-corrected chi connectivity index (χ3v) is 1.52. The number of hydrogen-bond donors (Lipinski definition) is 2. The van der Waals surface area contributed by atoms with Crippen LogP contribution < -0.4 is 9.46 Å². The van der Waals surface area contributed by atoms with Crippen molar-refractivity contribution in [1.82, 2.24) is 0 Å². The number of hydrogen-bond acceptors (Lipinski definition) is 6. The molecule has 0 amide bonds. The van der Waals surface area contributed by atoms with Gasteiger partial charge in [0.05, 0.1) is 0 Å². The number of isothiocyanates is 2. The molecule has 25 heavy (non-hydrogen) atoms. The Kier molecular flexibility index (Phi) is 32.3. The number of pyridine rings is 2. The molecule has 0 unspecified atom stereocenters. The normalized spacial score (nSPS) is 6.40. The van der Waals surface area contributed by atoms with Gasteiger partial charge in [-0.3, -0.25) is 0 Å². The van der Waals surface area contributed by atoms with Crippen LogP contribution in [0.1, 0.15) is 0 Å². The fourth-order valence-corrected chi connectivity index (χ4v) is 0.886. The standard InChI is InChI=1S/2C5H5NO2.2CNS.Co.2H2O/c2*7-5-2-1-3-6(8)4-5;2*2-1-3;;;/h2*1-4,7H;;;;2*1H2/q;;2*-1;+2;;/p+2. The van der Waals surface area contributed by atoms with Crippen molar-refractivity contribution in [3.05, 3.63) is 70.3 Å². The van der Waals surface area contributed by atoms with Crippen LogP contribution in [0, 0.1) is 10.4 Å². The van der Waals surface area contributed by atoms with Gasteiger partial charge in [-0.25, -0.2) is 0 Å². The zero-order valence-corrected chi connectivity index (χ0v) is 15.1. The van der Waals surface area contributed by atoms with E-state index in [-0.39, 0.29) is 39.2 Å². The fraction of sp³-hybridized carbons (Fsp3) is 0. The summed E-state index contributed by atoms with van der Waals surface area (Å²) in [6, 6.07) is 5.83. The number of aromatic hydroxyl groups is 2. The SMILES string of the molecule is [Co+2].[N-]=C=S.[N-]=C=S.[O-][n+]1cccc(O)c1.[O-][n+]1cccc(O)c1.[OH3+].[OH3+]. The zero-order chi connectivity index (χ0) is 17.4. The third-order valence-electron chi connectivity index (χ3n) is 1.52. The van der Waals surface area contributed by atoms with Gasteiger partial charge in [-0.05, 0) is 12.1 Å². The molecule has 13 heteroatoms. The van der Waals surface area contributed by atoms with E-state index < -0.39 is 0 Å². The topological polar surface area (TPSA) is 205 Å². The summed E-state index contributed by atoms with van der Waals surface area (Å²) in [5.41, 5.74) is 0. The maximum absolute atomic E-state index is 10.2. The summed E-state index contributed by atoms with van der Waals surface area (Å²) >= 11 is 7.40. The van der Waals surface area contributed by atoms with Crippen LogP contribution in [0.5, 0.6) is 11.5 Å². The van der Waals surface area contributed by atoms with E-state index >= 15 is 0 Å². The third kappa shape index (κ3) is 26.7. The van der Waals surface area contributed by atoms with E-state index in [1.165, 1.54) is 47.0 Å². The van der Waals surface area contributed by atoms with Gasteiger partial charge in [0, 0.05) is 12.1 Å². The molecule has 0 aromatic carbocycles. The maximum atomic E-state index is 10.2. The van der Waals surface area contributed by atoms with Crippen molar-refractivity contribution in [2.24, 2.45) is 0 Å². The first-order valence-corrected chi connectivity index (χ1v) is 6.01. The molecule has 139 valence electrons. The quantitative estimate of drug-likeness (QED) is 0.184. The van der Waals surface area contributed by atoms with Gasteiger partial charge in [0.1, 0.15) is 0 Å². The molecule has 0 spiro atoms. The Labute approximate surface area is 164 Å². The second-order valence-corrected chi connectivity index (χ2v) is 3.39. The molecule has 2 rings (SSSR count). The molecule has 2 aromatic heterocycles. The Hall–Kier alpha value is -2.47. The maximum Gasteiger partial charge on any atom is 2.00 e. The van der Waals surface area contributed by atoms with E-state index in [1.54, 1.807) is 0 Å². The van der Waals surface area contributed by atoms with Gasteiger partial charge in [-0.2, -0.15) is 19.8 Å². The second kappa shape index (κ2) is 23.8. The van der Waals surface area contributed by atoms with E-state index in [0.717, 1.165) is 12.4 Å². The summed E-state index contributed by atoms with van der Waals surface area (Å²) in [5.74, 6) is -0.0231. The van der Waals surface area contributed by atoms with E-state index in [2.05, 4.69) is 24.4 Å². The summed E-state index contributed by atoms with van der Waals surface area (Å²) in [5, 5.41) is 54.6. The van der Waals surface area contributed by atoms with Gasteiger partial charge < -0.3 is 42.4 Å². The Morgan fingerprint density at radius 2 is 1.08 bits per heavy atom. The smallest absolute Gasteiger partial charge is 0.753 e. The Bertz CT molecular complexity index is 549. The Morgan fingerprint density at radius 1 is 0.840 bits per heavy atom. The predicted molar refractivity (Wildman–Crippen MR) is 95.8 cm³/mol. The average Bonchev–Trinajstić information content (AvgIpc) is 2.40. The van der Waals surface area contributed by atoms with Crippen molar-refractivity contribution in [3.8, 4) is 11.5 Å². The van der Waals surface area contributed by atoms with Crippen LogP contribution in [0.4, 0.5) is 0 Å². The van der Waals surface area contributed by atoms with E-state index in [9.17, 15) is 10.4 Å². The van der Waals surface area contributed by atoms with Crippen molar-refractivity contribution in [2.45, 2.75) is 0 Å². The molecule has 2 heterocycles. The Morgan fingerprint density at radius 3 is 1.20 bits per heavy atom. The molecule has 0 aliphatic heterocycles. The molecule has 0 aliphatic rings. The fourth-order valence-electron chi connectivity index (χ4n) is 0.886. The minimum atomic E-state index is -0.0116. The number of nitrogens with zero attached hydrogens (tertiary/aromatic N) is 4. The van der Waals surface area contributed by atoms with Crippen LogP contribution in [-0.2, 0) is 27.7 Å². The molecule has 10 nitrogen and oxygen atoms in total. The molecule has 0 saturated heterocycles. The molecule has 0 aliphatic carbocycles. The molecular formula is C12H16CoN4O6S2+2. The molecule has 0 saturated carbocycles. The second-order valence-electron chi connectivity index (χ2n) is 3.03. The summed E-state index contributed by atoms with van der Waals surface area (Å²) in [4.78, 5) is 0. The van der Waals surface area contributed by atoms with E-state index in [1.807, 2.05) is 0 Å². The largest absolute Gasteiger partial charge is 2.00 e. The molecular weight excluding hydrogens is 419 g/mol. The zero-order valence-electron chi connectivity index (χ0n) is 12.4. The van der Waals surface area contributed by atoms with Crippen molar-refractivity contribution < 1.29 is 47.4 Å². The minimum Gasteiger partial charge on any atom is -0.753 e. The van der Waals surface area contributed by atoms with E-state index in [0.29, 0.717) is 9.46 Å². The molecule has 0 atom stereocenters. The van der Waals surface area contributed by atoms with Crippen LogP contribution in [0.25, 0.3) is 10.8 Å². The van der Waals surface area contributed by atoms with Crippen LogP contribution >= 0.6 is 24.4 Å². The minimum absolute atomic E-state index is 0. The van der Waals surface area contributed by atoms with E-state index in [4.69, 9.17) is 21.0 Å². The van der Waals surface area contributed by atoms with Crippen LogP contribution in [0.2, 0.25) is 0 Å².